The van der Waals surface area contributed by atoms with Crippen molar-refractivity contribution in [2.45, 2.75) is 17.7 Å². The van der Waals surface area contributed by atoms with Crippen LogP contribution in [-0.4, -0.2) is 44.0 Å². The zero-order chi connectivity index (χ0) is 20.5. The van der Waals surface area contributed by atoms with E-state index in [4.69, 9.17) is 21.1 Å². The van der Waals surface area contributed by atoms with Crippen LogP contribution in [0.4, 0.5) is 14.7 Å². The number of aromatic nitrogens is 3. The lowest BCUT2D eigenvalue weighted by atomic mass is 10.2. The molecule has 0 saturated carbocycles. The maximum absolute atomic E-state index is 12.8. The predicted molar refractivity (Wildman–Crippen MR) is 99.0 cm³/mol. The van der Waals surface area contributed by atoms with E-state index in [1.54, 1.807) is 0 Å². The molecule has 0 aliphatic heterocycles. The van der Waals surface area contributed by atoms with Crippen LogP contribution in [0.5, 0.6) is 11.6 Å². The Balaban J connectivity index is 1.98. The van der Waals surface area contributed by atoms with Gasteiger partial charge in [0, 0.05) is 29.8 Å². The Bertz CT molecular complexity index is 1120. The average molecular weight is 433 g/mol. The fourth-order valence-electron chi connectivity index (χ4n) is 2.64. The van der Waals surface area contributed by atoms with Gasteiger partial charge in [-0.2, -0.15) is 4.98 Å². The van der Waals surface area contributed by atoms with Crippen LogP contribution in [0, 0.1) is 0 Å². The highest BCUT2D eigenvalue weighted by Crippen LogP contribution is 2.35. The summed E-state index contributed by atoms with van der Waals surface area (Å²) < 4.78 is 63.1. The summed E-state index contributed by atoms with van der Waals surface area (Å²) in [7, 11) is -1.45. The van der Waals surface area contributed by atoms with E-state index in [0.29, 0.717) is 21.7 Å². The van der Waals surface area contributed by atoms with Crippen molar-refractivity contribution in [1.29, 1.82) is 0 Å². The molecule has 2 aromatic heterocycles. The summed E-state index contributed by atoms with van der Waals surface area (Å²) in [6.07, 6.45) is -0.866. The Hall–Kier alpha value is -2.66. The Morgan fingerprint density at radius 2 is 2.04 bits per heavy atom. The Kier molecular flexibility index (Phi) is 5.57. The fourth-order valence-corrected chi connectivity index (χ4v) is 4.00. The number of fused-ring (bicyclic) bond motifs is 1. The van der Waals surface area contributed by atoms with E-state index >= 15 is 0 Å². The van der Waals surface area contributed by atoms with Crippen LogP contribution < -0.4 is 14.2 Å². The van der Waals surface area contributed by atoms with Crippen LogP contribution in [0.2, 0.25) is 5.02 Å². The molecule has 0 atom stereocenters. The van der Waals surface area contributed by atoms with Crippen LogP contribution in [0.1, 0.15) is 5.56 Å². The lowest BCUT2D eigenvalue weighted by molar-refractivity contribution is 0.147. The lowest BCUT2D eigenvalue weighted by Crippen LogP contribution is -2.15. The van der Waals surface area contributed by atoms with E-state index in [2.05, 4.69) is 19.7 Å². The molecule has 12 heteroatoms. The minimum Gasteiger partial charge on any atom is -0.493 e. The topological polar surface area (TPSA) is 106 Å². The van der Waals surface area contributed by atoms with E-state index < -0.39 is 22.9 Å². The normalized spacial score (nSPS) is 11.8. The van der Waals surface area contributed by atoms with E-state index in [9.17, 15) is 17.2 Å². The van der Waals surface area contributed by atoms with Gasteiger partial charge in [0.05, 0.1) is 24.8 Å². The van der Waals surface area contributed by atoms with E-state index in [1.807, 2.05) is 0 Å². The summed E-state index contributed by atoms with van der Waals surface area (Å²) in [6, 6.07) is 3.03. The molecule has 0 saturated heterocycles. The third kappa shape index (κ3) is 3.80. The number of methoxy groups -OCH3 is 2. The van der Waals surface area contributed by atoms with Crippen LogP contribution in [0.15, 0.2) is 29.4 Å². The molecule has 3 aromatic rings. The third-order valence-electron chi connectivity index (χ3n) is 3.83. The largest absolute Gasteiger partial charge is 0.493 e. The number of anilines is 1. The molecule has 0 aliphatic carbocycles. The molecule has 3 rings (SSSR count). The molecule has 0 radical (unpaired) electrons. The second-order valence-corrected chi connectivity index (χ2v) is 7.64. The quantitative estimate of drug-likeness (QED) is 0.593. The van der Waals surface area contributed by atoms with Gasteiger partial charge in [0.25, 0.3) is 10.0 Å². The van der Waals surface area contributed by atoms with Gasteiger partial charge in [-0.15, -0.1) is 0 Å². The van der Waals surface area contributed by atoms with Gasteiger partial charge in [-0.3, -0.25) is 0 Å². The smallest absolute Gasteiger partial charge is 0.266 e. The van der Waals surface area contributed by atoms with Gasteiger partial charge in [0.2, 0.25) is 18.3 Å². The van der Waals surface area contributed by atoms with Gasteiger partial charge in [0.1, 0.15) is 4.90 Å². The summed E-state index contributed by atoms with van der Waals surface area (Å²) in [4.78, 5) is 10.4. The molecule has 0 spiro atoms. The third-order valence-corrected chi connectivity index (χ3v) is 5.50. The zero-order valence-corrected chi connectivity index (χ0v) is 16.2. The van der Waals surface area contributed by atoms with Gasteiger partial charge in [0.15, 0.2) is 5.75 Å². The van der Waals surface area contributed by atoms with Gasteiger partial charge < -0.3 is 14.5 Å². The SMILES string of the molecule is COc1nc(NS(=O)(=O)c2c[nH]c3c(OC)c(Cl)ccc23)ncc1CC(F)F. The number of nitrogens with zero attached hydrogens (tertiary/aromatic N) is 2. The minimum atomic E-state index is -4.10. The molecule has 0 fully saturated rings. The number of benzene rings is 1. The standard InChI is InChI=1S/C16H15ClF2N4O4S/c1-26-14-10(17)4-3-9-11(7-20-13(9)14)28(24,25)23-16-21-6-8(5-12(18)19)15(22-16)27-2/h3-4,6-7,12,20H,5H2,1-2H3,(H,21,22,23). The van der Waals surface area contributed by atoms with Crippen molar-refractivity contribution >= 4 is 38.5 Å². The highest BCUT2D eigenvalue weighted by atomic mass is 35.5. The van der Waals surface area contributed by atoms with Crippen LogP contribution in [0.25, 0.3) is 10.9 Å². The highest BCUT2D eigenvalue weighted by molar-refractivity contribution is 7.93. The molecule has 2 heterocycles. The number of halogens is 3. The second-order valence-electron chi connectivity index (χ2n) is 5.58. The minimum absolute atomic E-state index is 0.0620. The molecule has 0 unspecified atom stereocenters. The van der Waals surface area contributed by atoms with Crippen LogP contribution in [0.3, 0.4) is 0 Å². The van der Waals surface area contributed by atoms with Crippen LogP contribution >= 0.6 is 11.6 Å². The maximum atomic E-state index is 12.8. The van der Waals surface area contributed by atoms with Crippen molar-refractivity contribution in [2.75, 3.05) is 18.9 Å². The van der Waals surface area contributed by atoms with Crippen molar-refractivity contribution in [3.63, 3.8) is 0 Å². The van der Waals surface area contributed by atoms with Crippen molar-refractivity contribution in [1.82, 2.24) is 15.0 Å². The molecule has 28 heavy (non-hydrogen) atoms. The van der Waals surface area contributed by atoms with Gasteiger partial charge in [-0.1, -0.05) is 11.6 Å². The molecule has 1 aromatic carbocycles. The first-order valence-corrected chi connectivity index (χ1v) is 9.67. The molecule has 8 nitrogen and oxygen atoms in total. The summed E-state index contributed by atoms with van der Waals surface area (Å²) in [5.74, 6) is -0.152. The maximum Gasteiger partial charge on any atom is 0.266 e. The van der Waals surface area contributed by atoms with Crippen molar-refractivity contribution in [3.8, 4) is 11.6 Å². The first-order chi connectivity index (χ1) is 13.3. The number of H-pyrrole nitrogens is 1. The molecule has 0 amide bonds. The molecule has 0 bridgehead atoms. The molecule has 150 valence electrons. The Labute approximate surface area is 163 Å². The molecular formula is C16H15ClF2N4O4S. The van der Waals surface area contributed by atoms with Gasteiger partial charge in [-0.05, 0) is 12.1 Å². The Morgan fingerprint density at radius 3 is 2.68 bits per heavy atom. The number of ether oxygens (including phenoxy) is 2. The fraction of sp³-hybridized carbons (Fsp3) is 0.250. The number of alkyl halides is 2. The van der Waals surface area contributed by atoms with Gasteiger partial charge in [-0.25, -0.2) is 26.9 Å². The number of rotatable bonds is 7. The van der Waals surface area contributed by atoms with E-state index in [1.165, 1.54) is 32.5 Å². The first-order valence-electron chi connectivity index (χ1n) is 7.81. The van der Waals surface area contributed by atoms with Gasteiger partial charge >= 0.3 is 0 Å². The molecule has 0 aliphatic rings. The van der Waals surface area contributed by atoms with Crippen molar-refractivity contribution in [2.24, 2.45) is 0 Å². The second kappa shape index (κ2) is 7.76. The number of hydrogen-bond acceptors (Lipinski definition) is 6. The first kappa shape index (κ1) is 20.1. The number of hydrogen-bond donors (Lipinski definition) is 2. The Morgan fingerprint density at radius 1 is 1.29 bits per heavy atom. The summed E-state index contributed by atoms with van der Waals surface area (Å²) in [5.41, 5.74) is 0.466. The lowest BCUT2D eigenvalue weighted by Gasteiger charge is -2.10. The number of sulfonamides is 1. The van der Waals surface area contributed by atoms with Crippen LogP contribution in [-0.2, 0) is 16.4 Å². The summed E-state index contributed by atoms with van der Waals surface area (Å²) in [6.45, 7) is 0. The zero-order valence-electron chi connectivity index (χ0n) is 14.7. The highest BCUT2D eigenvalue weighted by Gasteiger charge is 2.23. The summed E-state index contributed by atoms with van der Waals surface area (Å²) in [5, 5.41) is 0.659. The van der Waals surface area contributed by atoms with Crippen molar-refractivity contribution < 1.29 is 26.7 Å². The van der Waals surface area contributed by atoms with E-state index in [0.717, 1.165) is 6.20 Å². The summed E-state index contributed by atoms with van der Waals surface area (Å²) >= 11 is 6.04. The number of nitrogens with one attached hydrogen (secondary N) is 2. The van der Waals surface area contributed by atoms with Crippen molar-refractivity contribution in [3.05, 3.63) is 35.1 Å². The number of aromatic amines is 1. The average Bonchev–Trinajstić information content (AvgIpc) is 3.07. The van der Waals surface area contributed by atoms with E-state index in [-0.39, 0.29) is 22.3 Å². The molecular weight excluding hydrogens is 418 g/mol. The predicted octanol–water partition coefficient (Wildman–Crippen LogP) is 3.24. The monoisotopic (exact) mass is 432 g/mol. The molecule has 2 N–H and O–H groups in total.